The summed E-state index contributed by atoms with van der Waals surface area (Å²) in [4.78, 5) is 40.5. The van der Waals surface area contributed by atoms with Crippen molar-refractivity contribution < 1.29 is 33.0 Å². The second-order valence-electron chi connectivity index (χ2n) is 8.78. The number of carbonyl (C=O) groups excluding carboxylic acids is 2. The van der Waals surface area contributed by atoms with Crippen molar-refractivity contribution in [1.82, 2.24) is 14.9 Å². The number of rotatable bonds is 8. The smallest absolute Gasteiger partial charge is 0.277 e. The van der Waals surface area contributed by atoms with Crippen LogP contribution in [0.4, 0.5) is 8.78 Å². The lowest BCUT2D eigenvalue weighted by Crippen LogP contribution is -2.56. The van der Waals surface area contributed by atoms with E-state index in [9.17, 15) is 28.3 Å². The number of halogens is 2. The van der Waals surface area contributed by atoms with E-state index >= 15 is 0 Å². The van der Waals surface area contributed by atoms with E-state index in [4.69, 9.17) is 9.47 Å². The van der Waals surface area contributed by atoms with Crippen molar-refractivity contribution in [2.45, 2.75) is 19.4 Å². The molecule has 2 aromatic rings. The standard InChI is InChI=1S/C24H28F2N4O6/c1-35-9-6-29-14-28(12-15-4-7-36-8-5-15)24(34)20-22(32)21(31)18(13-30(20)29)23(33)27-11-16-2-3-17(25)10-19(16)26/h2-3,10,13,15,32H,4-9,11-12,14H2,1H3,(H,27,33). The van der Waals surface area contributed by atoms with E-state index in [0.29, 0.717) is 32.4 Å². The van der Waals surface area contributed by atoms with E-state index in [1.165, 1.54) is 24.0 Å². The Bertz CT molecular complexity index is 1200. The molecule has 1 aromatic carbocycles. The van der Waals surface area contributed by atoms with E-state index in [1.54, 1.807) is 9.91 Å². The summed E-state index contributed by atoms with van der Waals surface area (Å²) in [5.74, 6) is -3.62. The summed E-state index contributed by atoms with van der Waals surface area (Å²) in [5, 5.41) is 14.8. The Balaban J connectivity index is 1.61. The Kier molecular flexibility index (Phi) is 7.85. The summed E-state index contributed by atoms with van der Waals surface area (Å²) < 4.78 is 38.9. The van der Waals surface area contributed by atoms with Gasteiger partial charge in [0.25, 0.3) is 11.8 Å². The fourth-order valence-corrected chi connectivity index (χ4v) is 4.34. The van der Waals surface area contributed by atoms with E-state index in [0.717, 1.165) is 18.9 Å². The maximum Gasteiger partial charge on any atom is 0.277 e. The monoisotopic (exact) mass is 506 g/mol. The van der Waals surface area contributed by atoms with Gasteiger partial charge in [0, 0.05) is 51.2 Å². The zero-order chi connectivity index (χ0) is 25.8. The van der Waals surface area contributed by atoms with Crippen molar-refractivity contribution in [3.63, 3.8) is 0 Å². The molecule has 1 fully saturated rings. The van der Waals surface area contributed by atoms with Gasteiger partial charge < -0.3 is 24.8 Å². The number of hydrogen-bond acceptors (Lipinski definition) is 7. The number of carbonyl (C=O) groups is 2. The number of aromatic nitrogens is 1. The molecule has 2 N–H and O–H groups in total. The normalized spacial score (nSPS) is 16.2. The third-order valence-corrected chi connectivity index (χ3v) is 6.37. The van der Waals surface area contributed by atoms with Crippen molar-refractivity contribution >= 4 is 11.8 Å². The van der Waals surface area contributed by atoms with Crippen molar-refractivity contribution in [3.05, 3.63) is 63.1 Å². The number of amides is 2. The number of ether oxygens (including phenoxy) is 2. The number of hydrogen-bond donors (Lipinski definition) is 2. The minimum Gasteiger partial charge on any atom is -0.502 e. The molecule has 10 nitrogen and oxygen atoms in total. The van der Waals surface area contributed by atoms with Crippen LogP contribution in [0.25, 0.3) is 0 Å². The number of pyridine rings is 1. The molecule has 1 saturated heterocycles. The molecule has 0 bridgehead atoms. The van der Waals surface area contributed by atoms with Crippen LogP contribution >= 0.6 is 0 Å². The molecule has 194 valence electrons. The van der Waals surface area contributed by atoms with Crippen molar-refractivity contribution in [1.29, 1.82) is 0 Å². The van der Waals surface area contributed by atoms with Crippen LogP contribution in [0.5, 0.6) is 5.75 Å². The predicted octanol–water partition coefficient (Wildman–Crippen LogP) is 1.19. The largest absolute Gasteiger partial charge is 0.502 e. The number of nitrogens with one attached hydrogen (secondary N) is 1. The van der Waals surface area contributed by atoms with E-state index in [-0.39, 0.29) is 37.0 Å². The van der Waals surface area contributed by atoms with Crippen molar-refractivity contribution in [3.8, 4) is 5.75 Å². The average molecular weight is 507 g/mol. The zero-order valence-corrected chi connectivity index (χ0v) is 19.8. The molecule has 0 saturated carbocycles. The highest BCUT2D eigenvalue weighted by Crippen LogP contribution is 2.24. The Hall–Kier alpha value is -3.51. The first-order chi connectivity index (χ1) is 17.3. The van der Waals surface area contributed by atoms with Gasteiger partial charge in [-0.3, -0.25) is 24.1 Å². The zero-order valence-electron chi connectivity index (χ0n) is 19.8. The number of nitrogens with zero attached hydrogens (tertiary/aromatic N) is 3. The Morgan fingerprint density at radius 2 is 2.00 bits per heavy atom. The van der Waals surface area contributed by atoms with Gasteiger partial charge in [0.15, 0.2) is 11.4 Å². The van der Waals surface area contributed by atoms with Gasteiger partial charge in [-0.1, -0.05) is 6.07 Å². The first-order valence-electron chi connectivity index (χ1n) is 11.6. The van der Waals surface area contributed by atoms with Gasteiger partial charge in [-0.15, -0.1) is 0 Å². The van der Waals surface area contributed by atoms with Crippen LogP contribution in [0.2, 0.25) is 0 Å². The fourth-order valence-electron chi connectivity index (χ4n) is 4.34. The van der Waals surface area contributed by atoms with E-state index < -0.39 is 40.2 Å². The molecule has 0 radical (unpaired) electrons. The topological polar surface area (TPSA) is 113 Å². The Morgan fingerprint density at radius 3 is 2.69 bits per heavy atom. The highest BCUT2D eigenvalue weighted by molar-refractivity contribution is 5.99. The SMILES string of the molecule is COCCN1CN(CC2CCOCC2)C(=O)c2c(O)c(=O)c(C(=O)NCc3ccc(F)cc3F)cn21. The van der Waals surface area contributed by atoms with Crippen LogP contribution in [0.15, 0.2) is 29.2 Å². The molecule has 0 atom stereocenters. The Morgan fingerprint density at radius 1 is 1.25 bits per heavy atom. The molecule has 1 aromatic heterocycles. The molecular weight excluding hydrogens is 478 g/mol. The molecule has 36 heavy (non-hydrogen) atoms. The highest BCUT2D eigenvalue weighted by atomic mass is 19.1. The third-order valence-electron chi connectivity index (χ3n) is 6.37. The predicted molar refractivity (Wildman–Crippen MR) is 124 cm³/mol. The van der Waals surface area contributed by atoms with E-state index in [2.05, 4.69) is 5.32 Å². The fraction of sp³-hybridized carbons (Fsp3) is 0.458. The molecule has 0 spiro atoms. The quantitative estimate of drug-likeness (QED) is 0.553. The lowest BCUT2D eigenvalue weighted by molar-refractivity contribution is 0.0409. The van der Waals surface area contributed by atoms with E-state index in [1.807, 2.05) is 0 Å². The summed E-state index contributed by atoms with van der Waals surface area (Å²) in [6, 6.07) is 2.92. The second kappa shape index (κ2) is 11.0. The maximum atomic E-state index is 13.9. The molecule has 2 aliphatic rings. The van der Waals surface area contributed by atoms with Gasteiger partial charge in [0.1, 0.15) is 23.9 Å². The lowest BCUT2D eigenvalue weighted by atomic mass is 9.99. The summed E-state index contributed by atoms with van der Waals surface area (Å²) in [7, 11) is 1.52. The average Bonchev–Trinajstić information content (AvgIpc) is 2.86. The molecule has 4 rings (SSSR count). The minimum absolute atomic E-state index is 0.0210. The van der Waals surface area contributed by atoms with Crippen LogP contribution in [-0.4, -0.2) is 73.2 Å². The second-order valence-corrected chi connectivity index (χ2v) is 8.78. The molecule has 2 amide bonds. The lowest BCUT2D eigenvalue weighted by Gasteiger charge is -2.41. The Labute approximate surface area is 206 Å². The third kappa shape index (κ3) is 5.34. The maximum absolute atomic E-state index is 13.9. The molecular formula is C24H28F2N4O6. The number of fused-ring (bicyclic) bond motifs is 1. The van der Waals surface area contributed by atoms with Gasteiger partial charge >= 0.3 is 0 Å². The van der Waals surface area contributed by atoms with Crippen LogP contribution in [0.3, 0.4) is 0 Å². The molecule has 0 aliphatic carbocycles. The first kappa shape index (κ1) is 25.6. The minimum atomic E-state index is -1.02. The highest BCUT2D eigenvalue weighted by Gasteiger charge is 2.35. The number of methoxy groups -OCH3 is 1. The van der Waals surface area contributed by atoms with Gasteiger partial charge in [-0.2, -0.15) is 0 Å². The van der Waals surface area contributed by atoms with Crippen LogP contribution in [-0.2, 0) is 16.0 Å². The van der Waals surface area contributed by atoms with Crippen LogP contribution in [0.1, 0.15) is 39.3 Å². The van der Waals surface area contributed by atoms with Gasteiger partial charge in [-0.25, -0.2) is 8.78 Å². The molecule has 0 unspecified atom stereocenters. The van der Waals surface area contributed by atoms with Gasteiger partial charge in [-0.05, 0) is 24.8 Å². The summed E-state index contributed by atoms with van der Waals surface area (Å²) in [6.07, 6.45) is 2.79. The summed E-state index contributed by atoms with van der Waals surface area (Å²) >= 11 is 0. The van der Waals surface area contributed by atoms with Crippen LogP contribution < -0.4 is 15.8 Å². The van der Waals surface area contributed by atoms with Crippen molar-refractivity contribution in [2.75, 3.05) is 51.7 Å². The number of aromatic hydroxyl groups is 1. The van der Waals surface area contributed by atoms with Crippen molar-refractivity contribution in [2.24, 2.45) is 5.92 Å². The summed E-state index contributed by atoms with van der Waals surface area (Å²) in [5.41, 5.74) is -1.67. The number of benzene rings is 1. The molecule has 2 aliphatic heterocycles. The van der Waals surface area contributed by atoms with Gasteiger partial charge in [0.2, 0.25) is 5.43 Å². The molecule has 12 heteroatoms. The first-order valence-corrected chi connectivity index (χ1v) is 11.6. The van der Waals surface area contributed by atoms with Crippen LogP contribution in [0, 0.1) is 17.6 Å². The van der Waals surface area contributed by atoms with Gasteiger partial charge in [0.05, 0.1) is 13.2 Å². The summed E-state index contributed by atoms with van der Waals surface area (Å²) in [6.45, 7) is 2.12. The molecule has 3 heterocycles.